The number of carbonyl (C=O) groups excluding carboxylic acids is 1. The molecule has 0 saturated heterocycles. The van der Waals surface area contributed by atoms with Crippen LogP contribution in [0.5, 0.6) is 11.5 Å². The molecule has 2 rings (SSSR count). The number of amides is 1. The highest BCUT2D eigenvalue weighted by Crippen LogP contribution is 2.16. The number of methoxy groups -OCH3 is 1. The van der Waals surface area contributed by atoms with Crippen molar-refractivity contribution in [2.45, 2.75) is 0 Å². The van der Waals surface area contributed by atoms with Gasteiger partial charge in [-0.05, 0) is 24.3 Å². The van der Waals surface area contributed by atoms with Crippen molar-refractivity contribution in [3.63, 3.8) is 0 Å². The van der Waals surface area contributed by atoms with Crippen LogP contribution in [0.2, 0.25) is 0 Å². The van der Waals surface area contributed by atoms with Crippen molar-refractivity contribution in [2.75, 3.05) is 51.1 Å². The van der Waals surface area contributed by atoms with Crippen molar-refractivity contribution in [1.29, 1.82) is 0 Å². The monoisotopic (exact) mass is 345 g/mol. The largest absolute Gasteiger partial charge is 0.497 e. The quantitative estimate of drug-likeness (QED) is 0.659. The fraction of sp³-hybridized carbons (Fsp3) is 0.353. The maximum atomic E-state index is 11.8. The molecule has 0 aliphatic heterocycles. The van der Waals surface area contributed by atoms with Gasteiger partial charge in [-0.2, -0.15) is 5.10 Å². The highest BCUT2D eigenvalue weighted by molar-refractivity contribution is 5.77. The number of rotatable bonds is 9. The lowest BCUT2D eigenvalue weighted by Crippen LogP contribution is -2.32. The molecule has 0 fully saturated rings. The van der Waals surface area contributed by atoms with E-state index in [1.807, 2.05) is 25.1 Å². The van der Waals surface area contributed by atoms with Crippen LogP contribution in [0.25, 0.3) is 0 Å². The lowest BCUT2D eigenvalue weighted by molar-refractivity contribution is -0.123. The van der Waals surface area contributed by atoms with E-state index >= 15 is 0 Å². The van der Waals surface area contributed by atoms with Gasteiger partial charge in [-0.15, -0.1) is 5.10 Å². The first-order chi connectivity index (χ1) is 12.1. The average molecular weight is 345 g/mol. The van der Waals surface area contributed by atoms with Gasteiger partial charge in [0.1, 0.15) is 11.5 Å². The van der Waals surface area contributed by atoms with Gasteiger partial charge in [0.25, 0.3) is 5.91 Å². The Hall–Kier alpha value is -3.03. The Balaban J connectivity index is 1.65. The van der Waals surface area contributed by atoms with Crippen molar-refractivity contribution in [1.82, 2.24) is 15.5 Å². The van der Waals surface area contributed by atoms with Crippen LogP contribution in [-0.2, 0) is 4.79 Å². The van der Waals surface area contributed by atoms with Crippen molar-refractivity contribution in [3.05, 3.63) is 36.5 Å². The molecule has 0 radical (unpaired) electrons. The first kappa shape index (κ1) is 18.3. The zero-order chi connectivity index (χ0) is 18.1. The average Bonchev–Trinajstić information content (AvgIpc) is 2.64. The Morgan fingerprint density at radius 3 is 2.56 bits per heavy atom. The van der Waals surface area contributed by atoms with Crippen LogP contribution in [0, 0.1) is 0 Å². The fourth-order valence-electron chi connectivity index (χ4n) is 1.95. The summed E-state index contributed by atoms with van der Waals surface area (Å²) in [6.07, 6.45) is 1.68. The maximum Gasteiger partial charge on any atom is 0.258 e. The SMILES string of the molecule is COc1ccc(OCC(=O)NCCNc2cc(N(C)C)cnn2)cc1. The molecule has 2 aromatic rings. The highest BCUT2D eigenvalue weighted by Gasteiger charge is 2.03. The summed E-state index contributed by atoms with van der Waals surface area (Å²) >= 11 is 0. The van der Waals surface area contributed by atoms with Crippen molar-refractivity contribution in [3.8, 4) is 11.5 Å². The van der Waals surface area contributed by atoms with Crippen LogP contribution in [0.1, 0.15) is 0 Å². The molecule has 25 heavy (non-hydrogen) atoms. The van der Waals surface area contributed by atoms with E-state index in [1.165, 1.54) is 0 Å². The topological polar surface area (TPSA) is 88.6 Å². The number of ether oxygens (including phenoxy) is 2. The number of anilines is 2. The van der Waals surface area contributed by atoms with Crippen LogP contribution < -0.4 is 25.0 Å². The molecule has 8 heteroatoms. The number of hydrogen-bond acceptors (Lipinski definition) is 7. The standard InChI is InChI=1S/C17H23N5O3/c1-22(2)13-10-16(21-20-11-13)18-8-9-19-17(23)12-25-15-6-4-14(24-3)5-7-15/h4-7,10-11H,8-9,12H2,1-3H3,(H,18,21)(H,19,23). The molecule has 0 aliphatic carbocycles. The summed E-state index contributed by atoms with van der Waals surface area (Å²) in [4.78, 5) is 13.7. The predicted octanol–water partition coefficient (Wildman–Crippen LogP) is 1.16. The van der Waals surface area contributed by atoms with E-state index in [0.717, 1.165) is 11.4 Å². The van der Waals surface area contributed by atoms with Crippen molar-refractivity contribution in [2.24, 2.45) is 0 Å². The summed E-state index contributed by atoms with van der Waals surface area (Å²) in [7, 11) is 5.47. The molecule has 1 amide bonds. The van der Waals surface area contributed by atoms with Gasteiger partial charge in [-0.25, -0.2) is 0 Å². The predicted molar refractivity (Wildman–Crippen MR) is 96.3 cm³/mol. The molecule has 1 heterocycles. The Kier molecular flexibility index (Phi) is 6.82. The summed E-state index contributed by atoms with van der Waals surface area (Å²) < 4.78 is 10.5. The smallest absolute Gasteiger partial charge is 0.258 e. The maximum absolute atomic E-state index is 11.8. The molecule has 0 spiro atoms. The Bertz CT molecular complexity index is 676. The van der Waals surface area contributed by atoms with E-state index in [-0.39, 0.29) is 12.5 Å². The second-order valence-electron chi connectivity index (χ2n) is 5.43. The minimum atomic E-state index is -0.189. The second kappa shape index (κ2) is 9.31. The zero-order valence-corrected chi connectivity index (χ0v) is 14.7. The summed E-state index contributed by atoms with van der Waals surface area (Å²) in [5, 5.41) is 13.8. The van der Waals surface area contributed by atoms with Crippen LogP contribution in [0.3, 0.4) is 0 Å². The molecule has 0 aliphatic rings. The summed E-state index contributed by atoms with van der Waals surface area (Å²) in [6, 6.07) is 8.95. The summed E-state index contributed by atoms with van der Waals surface area (Å²) in [5.74, 6) is 1.83. The number of carbonyl (C=O) groups is 1. The van der Waals surface area contributed by atoms with E-state index in [1.54, 1.807) is 37.6 Å². The summed E-state index contributed by atoms with van der Waals surface area (Å²) in [5.41, 5.74) is 0.953. The lowest BCUT2D eigenvalue weighted by Gasteiger charge is -2.13. The molecular formula is C17H23N5O3. The molecule has 0 bridgehead atoms. The van der Waals surface area contributed by atoms with Gasteiger partial charge >= 0.3 is 0 Å². The molecule has 1 aromatic carbocycles. The third-order valence-corrected chi connectivity index (χ3v) is 3.34. The van der Waals surface area contributed by atoms with E-state index in [0.29, 0.717) is 24.7 Å². The molecule has 1 aromatic heterocycles. The van der Waals surface area contributed by atoms with E-state index < -0.39 is 0 Å². The third kappa shape index (κ3) is 6.17. The molecule has 0 saturated carbocycles. The molecule has 0 atom stereocenters. The minimum absolute atomic E-state index is 0.0394. The van der Waals surface area contributed by atoms with Gasteiger partial charge in [-0.1, -0.05) is 0 Å². The Morgan fingerprint density at radius 2 is 1.88 bits per heavy atom. The Labute approximate surface area is 147 Å². The molecule has 8 nitrogen and oxygen atoms in total. The number of benzene rings is 1. The van der Waals surface area contributed by atoms with Crippen molar-refractivity contribution < 1.29 is 14.3 Å². The summed E-state index contributed by atoms with van der Waals surface area (Å²) in [6.45, 7) is 0.959. The number of nitrogens with one attached hydrogen (secondary N) is 2. The normalized spacial score (nSPS) is 10.0. The van der Waals surface area contributed by atoms with Gasteiger partial charge in [-0.3, -0.25) is 4.79 Å². The fourth-order valence-corrected chi connectivity index (χ4v) is 1.95. The Morgan fingerprint density at radius 1 is 1.16 bits per heavy atom. The third-order valence-electron chi connectivity index (χ3n) is 3.34. The van der Waals surface area contributed by atoms with Gasteiger partial charge in [0.05, 0.1) is 19.0 Å². The molecule has 0 unspecified atom stereocenters. The molecule has 134 valence electrons. The first-order valence-electron chi connectivity index (χ1n) is 7.86. The second-order valence-corrected chi connectivity index (χ2v) is 5.43. The van der Waals surface area contributed by atoms with Crippen LogP contribution in [0.4, 0.5) is 11.5 Å². The van der Waals surface area contributed by atoms with E-state index in [2.05, 4.69) is 20.8 Å². The highest BCUT2D eigenvalue weighted by atomic mass is 16.5. The van der Waals surface area contributed by atoms with Crippen molar-refractivity contribution >= 4 is 17.4 Å². The van der Waals surface area contributed by atoms with Crippen LogP contribution in [0.15, 0.2) is 36.5 Å². The minimum Gasteiger partial charge on any atom is -0.497 e. The first-order valence-corrected chi connectivity index (χ1v) is 7.86. The number of hydrogen-bond donors (Lipinski definition) is 2. The van der Waals surface area contributed by atoms with Crippen LogP contribution >= 0.6 is 0 Å². The molecule has 2 N–H and O–H groups in total. The van der Waals surface area contributed by atoms with Gasteiger partial charge < -0.3 is 25.0 Å². The number of nitrogens with zero attached hydrogens (tertiary/aromatic N) is 3. The van der Waals surface area contributed by atoms with Crippen LogP contribution in [-0.4, -0.2) is 57.0 Å². The van der Waals surface area contributed by atoms with E-state index in [9.17, 15) is 4.79 Å². The van der Waals surface area contributed by atoms with Gasteiger partial charge in [0.15, 0.2) is 12.4 Å². The lowest BCUT2D eigenvalue weighted by atomic mass is 10.3. The number of aromatic nitrogens is 2. The molecular weight excluding hydrogens is 322 g/mol. The van der Waals surface area contributed by atoms with E-state index in [4.69, 9.17) is 9.47 Å². The van der Waals surface area contributed by atoms with Gasteiger partial charge in [0.2, 0.25) is 0 Å². The van der Waals surface area contributed by atoms with Gasteiger partial charge in [0, 0.05) is 33.3 Å². The zero-order valence-electron chi connectivity index (χ0n) is 14.7.